The van der Waals surface area contributed by atoms with Crippen molar-refractivity contribution in [3.05, 3.63) is 54.5 Å². The van der Waals surface area contributed by atoms with Gasteiger partial charge in [-0.3, -0.25) is 4.98 Å². The van der Waals surface area contributed by atoms with E-state index < -0.39 is 0 Å². The molecule has 0 fully saturated rings. The Balaban J connectivity index is 2.19. The molecule has 3 nitrogen and oxygen atoms in total. The number of nitrogens with one attached hydrogen (secondary N) is 1. The Kier molecular flexibility index (Phi) is 2.13. The molecule has 3 rings (SSSR count). The van der Waals surface area contributed by atoms with Crippen molar-refractivity contribution in [1.29, 1.82) is 5.26 Å². The molecule has 0 bridgehead atoms. The minimum Gasteiger partial charge on any atom is -0.360 e. The fourth-order valence-electron chi connectivity index (χ4n) is 1.93. The predicted molar refractivity (Wildman–Crippen MR) is 66.2 cm³/mol. The van der Waals surface area contributed by atoms with Crippen LogP contribution in [-0.4, -0.2) is 9.97 Å². The SMILES string of the molecule is N#Cc1c[nH]c2cc(-c3cccnc3)ccc12. The number of rotatable bonds is 1. The molecule has 0 saturated heterocycles. The molecular formula is C14H9N3. The molecule has 1 N–H and O–H groups in total. The van der Waals surface area contributed by atoms with Gasteiger partial charge in [-0.2, -0.15) is 5.26 Å². The first-order valence-corrected chi connectivity index (χ1v) is 5.30. The van der Waals surface area contributed by atoms with E-state index in [0.717, 1.165) is 22.0 Å². The van der Waals surface area contributed by atoms with Gasteiger partial charge in [-0.15, -0.1) is 0 Å². The summed E-state index contributed by atoms with van der Waals surface area (Å²) in [4.78, 5) is 7.21. The smallest absolute Gasteiger partial charge is 0.101 e. The summed E-state index contributed by atoms with van der Waals surface area (Å²) in [6.07, 6.45) is 5.32. The Hall–Kier alpha value is -2.60. The summed E-state index contributed by atoms with van der Waals surface area (Å²) in [6.45, 7) is 0. The fraction of sp³-hybridized carbons (Fsp3) is 0. The quantitative estimate of drug-likeness (QED) is 0.683. The first-order valence-electron chi connectivity index (χ1n) is 5.30. The van der Waals surface area contributed by atoms with Crippen LogP contribution in [0.4, 0.5) is 0 Å². The molecule has 0 spiro atoms. The van der Waals surface area contributed by atoms with Crippen molar-refractivity contribution >= 4 is 10.9 Å². The minimum atomic E-state index is 0.678. The highest BCUT2D eigenvalue weighted by molar-refractivity contribution is 5.89. The minimum absolute atomic E-state index is 0.678. The van der Waals surface area contributed by atoms with Gasteiger partial charge in [0.25, 0.3) is 0 Å². The number of benzene rings is 1. The number of H-pyrrole nitrogens is 1. The molecule has 2 heterocycles. The molecule has 80 valence electrons. The molecule has 0 unspecified atom stereocenters. The average Bonchev–Trinajstić information content (AvgIpc) is 2.81. The van der Waals surface area contributed by atoms with Crippen LogP contribution in [0.5, 0.6) is 0 Å². The van der Waals surface area contributed by atoms with Crippen molar-refractivity contribution in [3.63, 3.8) is 0 Å². The molecule has 3 aromatic rings. The Morgan fingerprint density at radius 1 is 1.18 bits per heavy atom. The Morgan fingerprint density at radius 2 is 2.12 bits per heavy atom. The first kappa shape index (κ1) is 9.61. The van der Waals surface area contributed by atoms with Crippen LogP contribution in [-0.2, 0) is 0 Å². The fourth-order valence-corrected chi connectivity index (χ4v) is 1.93. The van der Waals surface area contributed by atoms with Gasteiger partial charge in [0.1, 0.15) is 6.07 Å². The summed E-state index contributed by atoms with van der Waals surface area (Å²) in [6, 6.07) is 12.1. The maximum atomic E-state index is 8.93. The highest BCUT2D eigenvalue weighted by Gasteiger charge is 2.04. The lowest BCUT2D eigenvalue weighted by Gasteiger charge is -2.00. The van der Waals surface area contributed by atoms with Crippen molar-refractivity contribution in [2.45, 2.75) is 0 Å². The molecule has 1 aromatic carbocycles. The molecule has 0 saturated carbocycles. The molecule has 2 aromatic heterocycles. The van der Waals surface area contributed by atoms with Gasteiger partial charge in [0.15, 0.2) is 0 Å². The normalized spacial score (nSPS) is 10.3. The topological polar surface area (TPSA) is 52.5 Å². The number of pyridine rings is 1. The maximum absolute atomic E-state index is 8.93. The lowest BCUT2D eigenvalue weighted by molar-refractivity contribution is 1.33. The Labute approximate surface area is 98.4 Å². The van der Waals surface area contributed by atoms with Crippen LogP contribution in [0.3, 0.4) is 0 Å². The number of hydrogen-bond donors (Lipinski definition) is 1. The van der Waals surface area contributed by atoms with Crippen molar-refractivity contribution < 1.29 is 0 Å². The second-order valence-electron chi connectivity index (χ2n) is 3.82. The largest absolute Gasteiger partial charge is 0.360 e. The van der Waals surface area contributed by atoms with Crippen molar-refractivity contribution in [2.24, 2.45) is 0 Å². The van der Waals surface area contributed by atoms with Crippen LogP contribution in [0.2, 0.25) is 0 Å². The number of nitrogens with zero attached hydrogens (tertiary/aromatic N) is 2. The van der Waals surface area contributed by atoms with E-state index >= 15 is 0 Å². The zero-order valence-corrected chi connectivity index (χ0v) is 9.01. The first-order chi connectivity index (χ1) is 8.38. The van der Waals surface area contributed by atoms with Crippen LogP contribution in [0, 0.1) is 11.3 Å². The van der Waals surface area contributed by atoms with Gasteiger partial charge in [-0.25, -0.2) is 0 Å². The van der Waals surface area contributed by atoms with E-state index in [1.54, 1.807) is 12.4 Å². The van der Waals surface area contributed by atoms with Gasteiger partial charge in [0.05, 0.1) is 5.56 Å². The molecular weight excluding hydrogens is 210 g/mol. The molecule has 0 aliphatic heterocycles. The standard InChI is InChI=1S/C14H9N3/c15-7-12-9-17-14-6-10(3-4-13(12)14)11-2-1-5-16-8-11/h1-6,8-9,17H. The molecule has 17 heavy (non-hydrogen) atoms. The monoisotopic (exact) mass is 219 g/mol. The second-order valence-corrected chi connectivity index (χ2v) is 3.82. The van der Waals surface area contributed by atoms with E-state index in [1.807, 2.05) is 36.5 Å². The number of aromatic amines is 1. The average molecular weight is 219 g/mol. The Bertz CT molecular complexity index is 705. The zero-order chi connectivity index (χ0) is 11.7. The van der Waals surface area contributed by atoms with Gasteiger partial charge in [0, 0.05) is 35.1 Å². The van der Waals surface area contributed by atoms with E-state index in [0.29, 0.717) is 5.56 Å². The lowest BCUT2D eigenvalue weighted by Crippen LogP contribution is -1.79. The zero-order valence-electron chi connectivity index (χ0n) is 9.01. The summed E-state index contributed by atoms with van der Waals surface area (Å²) in [5.74, 6) is 0. The van der Waals surface area contributed by atoms with Gasteiger partial charge >= 0.3 is 0 Å². The Morgan fingerprint density at radius 3 is 2.88 bits per heavy atom. The summed E-state index contributed by atoms with van der Waals surface area (Å²) in [7, 11) is 0. The molecule has 0 aliphatic rings. The summed E-state index contributed by atoms with van der Waals surface area (Å²) < 4.78 is 0. The van der Waals surface area contributed by atoms with Gasteiger partial charge < -0.3 is 4.98 Å². The van der Waals surface area contributed by atoms with Crippen molar-refractivity contribution in [3.8, 4) is 17.2 Å². The lowest BCUT2D eigenvalue weighted by atomic mass is 10.1. The third-order valence-corrected chi connectivity index (χ3v) is 2.80. The molecule has 0 radical (unpaired) electrons. The summed E-state index contributed by atoms with van der Waals surface area (Å²) in [5.41, 5.74) is 3.82. The molecule has 0 amide bonds. The number of fused-ring (bicyclic) bond motifs is 1. The van der Waals surface area contributed by atoms with E-state index in [-0.39, 0.29) is 0 Å². The van der Waals surface area contributed by atoms with Crippen LogP contribution in [0.1, 0.15) is 5.56 Å². The number of nitriles is 1. The van der Waals surface area contributed by atoms with Gasteiger partial charge in [-0.05, 0) is 17.7 Å². The predicted octanol–water partition coefficient (Wildman–Crippen LogP) is 3.10. The van der Waals surface area contributed by atoms with Crippen LogP contribution in [0.15, 0.2) is 48.9 Å². The van der Waals surface area contributed by atoms with Crippen LogP contribution >= 0.6 is 0 Å². The van der Waals surface area contributed by atoms with E-state index in [1.165, 1.54) is 0 Å². The highest BCUT2D eigenvalue weighted by atomic mass is 14.7. The summed E-state index contributed by atoms with van der Waals surface area (Å²) in [5, 5.41) is 9.89. The van der Waals surface area contributed by atoms with Crippen molar-refractivity contribution in [1.82, 2.24) is 9.97 Å². The van der Waals surface area contributed by atoms with Crippen LogP contribution < -0.4 is 0 Å². The molecule has 0 aliphatic carbocycles. The molecule has 3 heteroatoms. The number of hydrogen-bond acceptors (Lipinski definition) is 2. The van der Waals surface area contributed by atoms with Crippen LogP contribution in [0.25, 0.3) is 22.0 Å². The van der Waals surface area contributed by atoms with E-state index in [2.05, 4.69) is 16.0 Å². The second kappa shape index (κ2) is 3.76. The van der Waals surface area contributed by atoms with E-state index in [9.17, 15) is 0 Å². The third kappa shape index (κ3) is 1.56. The third-order valence-electron chi connectivity index (χ3n) is 2.80. The van der Waals surface area contributed by atoms with Gasteiger partial charge in [-0.1, -0.05) is 18.2 Å². The van der Waals surface area contributed by atoms with E-state index in [4.69, 9.17) is 5.26 Å². The molecule has 0 atom stereocenters. The summed E-state index contributed by atoms with van der Waals surface area (Å²) >= 11 is 0. The highest BCUT2D eigenvalue weighted by Crippen LogP contribution is 2.24. The maximum Gasteiger partial charge on any atom is 0.101 e. The number of aromatic nitrogens is 2. The van der Waals surface area contributed by atoms with Crippen molar-refractivity contribution in [2.75, 3.05) is 0 Å². The van der Waals surface area contributed by atoms with Gasteiger partial charge in [0.2, 0.25) is 0 Å².